The van der Waals surface area contributed by atoms with Gasteiger partial charge in [-0.05, 0) is 20.9 Å². The average Bonchev–Trinajstić information content (AvgIpc) is 2.25. The van der Waals surface area contributed by atoms with Gasteiger partial charge in [-0.1, -0.05) is 0 Å². The Hall–Kier alpha value is -1.30. The van der Waals surface area contributed by atoms with Gasteiger partial charge >= 0.3 is 12.0 Å². The van der Waals surface area contributed by atoms with Gasteiger partial charge in [0.15, 0.2) is 0 Å². The van der Waals surface area contributed by atoms with Crippen LogP contribution >= 0.6 is 0 Å². The number of piperazine rings is 1. The molecule has 0 aromatic carbocycles. The molecule has 0 saturated carbocycles. The molecule has 1 rings (SSSR count). The van der Waals surface area contributed by atoms with Crippen LogP contribution in [-0.2, 0) is 4.79 Å². The van der Waals surface area contributed by atoms with E-state index in [9.17, 15) is 9.59 Å². The summed E-state index contributed by atoms with van der Waals surface area (Å²) in [5.41, 5.74) is 0. The smallest absolute Gasteiger partial charge is 0.323 e. The molecule has 1 aliphatic heterocycles. The van der Waals surface area contributed by atoms with Crippen molar-refractivity contribution in [3.8, 4) is 0 Å². The second-order valence-corrected chi connectivity index (χ2v) is 4.69. The van der Waals surface area contributed by atoms with E-state index in [1.165, 1.54) is 4.90 Å². The van der Waals surface area contributed by atoms with Crippen molar-refractivity contribution in [2.24, 2.45) is 0 Å². The molecule has 6 heteroatoms. The van der Waals surface area contributed by atoms with Crippen LogP contribution < -0.4 is 0 Å². The van der Waals surface area contributed by atoms with Crippen LogP contribution in [0.15, 0.2) is 0 Å². The molecule has 0 radical (unpaired) electrons. The molecule has 0 aromatic heterocycles. The Morgan fingerprint density at radius 3 is 2.18 bits per heavy atom. The summed E-state index contributed by atoms with van der Waals surface area (Å²) in [5.74, 6) is -0.971. The first-order valence-corrected chi connectivity index (χ1v) is 5.87. The zero-order chi connectivity index (χ0) is 13.0. The van der Waals surface area contributed by atoms with E-state index in [4.69, 9.17) is 5.11 Å². The van der Waals surface area contributed by atoms with Gasteiger partial charge in [0.05, 0.1) is 0 Å². The van der Waals surface area contributed by atoms with E-state index in [1.807, 2.05) is 20.9 Å². The van der Waals surface area contributed by atoms with Crippen LogP contribution in [0, 0.1) is 0 Å². The molecule has 0 bridgehead atoms. The van der Waals surface area contributed by atoms with Crippen LogP contribution in [0.2, 0.25) is 0 Å². The molecule has 1 N–H and O–H groups in total. The van der Waals surface area contributed by atoms with Gasteiger partial charge in [-0.25, -0.2) is 4.79 Å². The Kier molecular flexibility index (Phi) is 4.74. The van der Waals surface area contributed by atoms with Crippen LogP contribution in [0.1, 0.15) is 13.8 Å². The van der Waals surface area contributed by atoms with Gasteiger partial charge in [-0.15, -0.1) is 0 Å². The first kappa shape index (κ1) is 13.8. The number of urea groups is 1. The van der Waals surface area contributed by atoms with E-state index in [-0.39, 0.29) is 18.6 Å². The van der Waals surface area contributed by atoms with E-state index >= 15 is 0 Å². The molecule has 0 spiro atoms. The summed E-state index contributed by atoms with van der Waals surface area (Å²) in [6.45, 7) is 6.43. The zero-order valence-electron chi connectivity index (χ0n) is 10.7. The van der Waals surface area contributed by atoms with Crippen molar-refractivity contribution in [3.63, 3.8) is 0 Å². The Morgan fingerprint density at radius 1 is 1.24 bits per heavy atom. The number of hydrogen-bond acceptors (Lipinski definition) is 3. The highest BCUT2D eigenvalue weighted by Crippen LogP contribution is 2.07. The van der Waals surface area contributed by atoms with Gasteiger partial charge < -0.3 is 19.8 Å². The fourth-order valence-electron chi connectivity index (χ4n) is 1.80. The van der Waals surface area contributed by atoms with Crippen molar-refractivity contribution in [3.05, 3.63) is 0 Å². The van der Waals surface area contributed by atoms with Crippen LogP contribution in [-0.4, -0.2) is 77.6 Å². The number of amides is 2. The largest absolute Gasteiger partial charge is 0.480 e. The summed E-state index contributed by atoms with van der Waals surface area (Å²) >= 11 is 0. The molecule has 6 nitrogen and oxygen atoms in total. The Morgan fingerprint density at radius 2 is 1.76 bits per heavy atom. The molecule has 1 fully saturated rings. The highest BCUT2D eigenvalue weighted by molar-refractivity contribution is 5.80. The van der Waals surface area contributed by atoms with Crippen LogP contribution in [0.5, 0.6) is 0 Å². The lowest BCUT2D eigenvalue weighted by Gasteiger charge is -2.37. The van der Waals surface area contributed by atoms with Gasteiger partial charge in [0, 0.05) is 32.2 Å². The number of carbonyl (C=O) groups excluding carboxylic acids is 1. The maximum atomic E-state index is 12.2. The Balaban J connectivity index is 2.61. The highest BCUT2D eigenvalue weighted by Gasteiger charge is 2.26. The second kappa shape index (κ2) is 5.86. The lowest BCUT2D eigenvalue weighted by Crippen LogP contribution is -2.54. The van der Waals surface area contributed by atoms with Crippen LogP contribution in [0.3, 0.4) is 0 Å². The monoisotopic (exact) mass is 243 g/mol. The standard InChI is InChI=1S/C11H21N3O3/c1-9(2)14(8-10(15)16)11(17)13-6-4-12(3)5-7-13/h9H,4-8H2,1-3H3,(H,15,16). The van der Waals surface area contributed by atoms with Crippen molar-refractivity contribution in [2.45, 2.75) is 19.9 Å². The van der Waals surface area contributed by atoms with Gasteiger partial charge in [0.25, 0.3) is 0 Å². The third-order valence-corrected chi connectivity index (χ3v) is 2.95. The fraction of sp³-hybridized carbons (Fsp3) is 0.818. The normalized spacial score (nSPS) is 17.3. The zero-order valence-corrected chi connectivity index (χ0v) is 10.7. The highest BCUT2D eigenvalue weighted by atomic mass is 16.4. The van der Waals surface area contributed by atoms with Crippen LogP contribution in [0.4, 0.5) is 4.79 Å². The number of carboxylic acids is 1. The SMILES string of the molecule is CC(C)N(CC(=O)O)C(=O)N1CCN(C)CC1. The minimum Gasteiger partial charge on any atom is -0.480 e. The van der Waals surface area contributed by atoms with Gasteiger partial charge in [-0.2, -0.15) is 0 Å². The first-order valence-electron chi connectivity index (χ1n) is 5.87. The number of hydrogen-bond donors (Lipinski definition) is 1. The maximum Gasteiger partial charge on any atom is 0.323 e. The number of rotatable bonds is 3. The van der Waals surface area contributed by atoms with E-state index in [1.54, 1.807) is 4.90 Å². The molecule has 2 amide bonds. The number of nitrogens with zero attached hydrogens (tertiary/aromatic N) is 3. The molecule has 0 atom stereocenters. The number of likely N-dealkylation sites (N-methyl/N-ethyl adjacent to an activating group) is 1. The van der Waals surface area contributed by atoms with E-state index < -0.39 is 5.97 Å². The third kappa shape index (κ3) is 3.89. The number of carbonyl (C=O) groups is 2. The lowest BCUT2D eigenvalue weighted by atomic mass is 10.3. The maximum absolute atomic E-state index is 12.2. The summed E-state index contributed by atoms with van der Waals surface area (Å²) in [6, 6.07) is -0.270. The number of carboxylic acid groups (broad SMARTS) is 1. The first-order chi connectivity index (χ1) is 7.91. The van der Waals surface area contributed by atoms with E-state index in [0.29, 0.717) is 13.1 Å². The molecule has 1 aliphatic rings. The summed E-state index contributed by atoms with van der Waals surface area (Å²) in [7, 11) is 2.01. The predicted octanol–water partition coefficient (Wildman–Crippen LogP) is 0.149. The quantitative estimate of drug-likeness (QED) is 0.766. The molecule has 1 saturated heterocycles. The minimum atomic E-state index is -0.971. The van der Waals surface area contributed by atoms with Crippen molar-refractivity contribution in [1.82, 2.24) is 14.7 Å². The summed E-state index contributed by atoms with van der Waals surface area (Å²) < 4.78 is 0. The van der Waals surface area contributed by atoms with Gasteiger partial charge in [-0.3, -0.25) is 4.79 Å². The van der Waals surface area contributed by atoms with Gasteiger partial charge in [0.1, 0.15) is 6.54 Å². The third-order valence-electron chi connectivity index (χ3n) is 2.95. The molecule has 0 unspecified atom stereocenters. The Bertz CT molecular complexity index is 286. The van der Waals surface area contributed by atoms with Crippen molar-refractivity contribution >= 4 is 12.0 Å². The Labute approximate surface area is 102 Å². The summed E-state index contributed by atoms with van der Waals surface area (Å²) in [5, 5.41) is 8.80. The molecule has 0 aliphatic carbocycles. The average molecular weight is 243 g/mol. The van der Waals surface area contributed by atoms with Crippen LogP contribution in [0.25, 0.3) is 0 Å². The summed E-state index contributed by atoms with van der Waals surface area (Å²) in [4.78, 5) is 28.2. The molecular formula is C11H21N3O3. The van der Waals surface area contributed by atoms with E-state index in [0.717, 1.165) is 13.1 Å². The fourth-order valence-corrected chi connectivity index (χ4v) is 1.80. The predicted molar refractivity (Wildman–Crippen MR) is 63.9 cm³/mol. The molecule has 1 heterocycles. The number of aliphatic carboxylic acids is 1. The van der Waals surface area contributed by atoms with E-state index in [2.05, 4.69) is 4.90 Å². The van der Waals surface area contributed by atoms with Gasteiger partial charge in [0.2, 0.25) is 0 Å². The molecule has 0 aromatic rings. The summed E-state index contributed by atoms with van der Waals surface area (Å²) in [6.07, 6.45) is 0. The minimum absolute atomic E-state index is 0.0988. The molecule has 17 heavy (non-hydrogen) atoms. The molecule has 98 valence electrons. The lowest BCUT2D eigenvalue weighted by molar-refractivity contribution is -0.138. The topological polar surface area (TPSA) is 64.1 Å². The second-order valence-electron chi connectivity index (χ2n) is 4.69. The van der Waals surface area contributed by atoms with Crippen molar-refractivity contribution < 1.29 is 14.7 Å². The van der Waals surface area contributed by atoms with Crippen molar-refractivity contribution in [1.29, 1.82) is 0 Å². The van der Waals surface area contributed by atoms with Crippen molar-refractivity contribution in [2.75, 3.05) is 39.8 Å². The molecular weight excluding hydrogens is 222 g/mol.